The summed E-state index contributed by atoms with van der Waals surface area (Å²) < 4.78 is 20.4. The third-order valence-corrected chi connectivity index (χ3v) is 4.32. The van der Waals surface area contributed by atoms with Crippen LogP contribution in [-0.2, 0) is 35.1 Å². The number of amides is 1. The molecule has 0 saturated carbocycles. The fourth-order valence-electron chi connectivity index (χ4n) is 2.63. The highest BCUT2D eigenvalue weighted by Crippen LogP contribution is 2.08. The first kappa shape index (κ1) is 26.5. The van der Waals surface area contributed by atoms with Gasteiger partial charge in [-0.05, 0) is 18.4 Å². The van der Waals surface area contributed by atoms with E-state index in [1.54, 1.807) is 7.11 Å². The maximum Gasteiger partial charge on any atom is 0.408 e. The van der Waals surface area contributed by atoms with Crippen LogP contribution in [0.3, 0.4) is 0 Å². The van der Waals surface area contributed by atoms with E-state index < -0.39 is 18.1 Å². The Bertz CT molecular complexity index is 638. The SMILES string of the molecule is COCCOCCOCC(=O)CCCCC[C@H](NC(=O)OCc1ccccc1)C(=O)O. The smallest absolute Gasteiger partial charge is 0.408 e. The first-order chi connectivity index (χ1) is 15.0. The van der Waals surface area contributed by atoms with Crippen LogP contribution < -0.4 is 5.32 Å². The molecule has 0 aromatic heterocycles. The molecular weight excluding hydrogens is 406 g/mol. The lowest BCUT2D eigenvalue weighted by atomic mass is 10.1. The molecule has 9 nitrogen and oxygen atoms in total. The molecule has 1 aromatic carbocycles. The standard InChI is InChI=1S/C22H33NO8/c1-28-12-13-29-14-15-30-17-19(24)10-6-3-7-11-20(21(25)26)23-22(27)31-16-18-8-4-2-5-9-18/h2,4-5,8-9,20H,3,6-7,10-17H2,1H3,(H,23,27)(H,25,26)/t20-/m0/s1. The van der Waals surface area contributed by atoms with Crippen LogP contribution in [0.15, 0.2) is 30.3 Å². The molecule has 1 aromatic rings. The second-order valence-electron chi connectivity index (χ2n) is 6.89. The third-order valence-electron chi connectivity index (χ3n) is 4.32. The zero-order valence-electron chi connectivity index (χ0n) is 18.0. The number of carbonyl (C=O) groups excluding carboxylic acids is 2. The van der Waals surface area contributed by atoms with Crippen molar-refractivity contribution in [1.29, 1.82) is 0 Å². The van der Waals surface area contributed by atoms with Crippen molar-refractivity contribution >= 4 is 17.8 Å². The summed E-state index contributed by atoms with van der Waals surface area (Å²) in [5.41, 5.74) is 0.816. The molecule has 0 radical (unpaired) electrons. The van der Waals surface area contributed by atoms with Crippen molar-refractivity contribution in [3.05, 3.63) is 35.9 Å². The summed E-state index contributed by atoms with van der Waals surface area (Å²) in [4.78, 5) is 35.0. The van der Waals surface area contributed by atoms with Gasteiger partial charge in [0.2, 0.25) is 0 Å². The summed E-state index contributed by atoms with van der Waals surface area (Å²) in [5.74, 6) is -1.12. The average Bonchev–Trinajstić information content (AvgIpc) is 2.76. The summed E-state index contributed by atoms with van der Waals surface area (Å²) in [6.07, 6.45) is 1.74. The second kappa shape index (κ2) is 17.2. The van der Waals surface area contributed by atoms with E-state index in [0.29, 0.717) is 52.1 Å². The van der Waals surface area contributed by atoms with Crippen molar-refractivity contribution in [2.45, 2.75) is 44.8 Å². The molecule has 0 spiro atoms. The lowest BCUT2D eigenvalue weighted by molar-refractivity contribution is -0.139. The second-order valence-corrected chi connectivity index (χ2v) is 6.89. The minimum Gasteiger partial charge on any atom is -0.480 e. The number of carbonyl (C=O) groups is 3. The molecule has 0 saturated heterocycles. The number of aliphatic carboxylic acids is 1. The lowest BCUT2D eigenvalue weighted by Gasteiger charge is -2.14. The fourth-order valence-corrected chi connectivity index (χ4v) is 2.63. The number of carboxylic acid groups (broad SMARTS) is 1. The van der Waals surface area contributed by atoms with Crippen LogP contribution in [0.2, 0.25) is 0 Å². The highest BCUT2D eigenvalue weighted by atomic mass is 16.6. The minimum atomic E-state index is -1.12. The normalized spacial score (nSPS) is 11.6. The van der Waals surface area contributed by atoms with Gasteiger partial charge in [-0.1, -0.05) is 43.2 Å². The molecule has 174 valence electrons. The molecule has 1 rings (SSSR count). The zero-order chi connectivity index (χ0) is 22.7. The van der Waals surface area contributed by atoms with Crippen molar-refractivity contribution in [3.8, 4) is 0 Å². The Morgan fingerprint density at radius 1 is 0.968 bits per heavy atom. The molecule has 0 aliphatic heterocycles. The topological polar surface area (TPSA) is 120 Å². The van der Waals surface area contributed by atoms with Crippen molar-refractivity contribution < 1.29 is 38.4 Å². The van der Waals surface area contributed by atoms with Gasteiger partial charge < -0.3 is 29.4 Å². The highest BCUT2D eigenvalue weighted by molar-refractivity contribution is 5.80. The largest absolute Gasteiger partial charge is 0.480 e. The van der Waals surface area contributed by atoms with E-state index in [4.69, 9.17) is 18.9 Å². The van der Waals surface area contributed by atoms with Gasteiger partial charge in [-0.2, -0.15) is 0 Å². The number of unbranched alkanes of at least 4 members (excludes halogenated alkanes) is 2. The number of rotatable bonds is 18. The van der Waals surface area contributed by atoms with Gasteiger partial charge >= 0.3 is 12.1 Å². The Balaban J connectivity index is 2.10. The highest BCUT2D eigenvalue weighted by Gasteiger charge is 2.20. The Kier molecular flexibility index (Phi) is 14.7. The number of benzene rings is 1. The van der Waals surface area contributed by atoms with E-state index in [1.165, 1.54) is 0 Å². The number of methoxy groups -OCH3 is 1. The molecule has 31 heavy (non-hydrogen) atoms. The van der Waals surface area contributed by atoms with E-state index >= 15 is 0 Å². The number of hydrogen-bond donors (Lipinski definition) is 2. The summed E-state index contributed by atoms with van der Waals surface area (Å²) in [5, 5.41) is 11.7. The summed E-state index contributed by atoms with van der Waals surface area (Å²) in [7, 11) is 1.60. The lowest BCUT2D eigenvalue weighted by Crippen LogP contribution is -2.41. The molecule has 2 N–H and O–H groups in total. The van der Waals surface area contributed by atoms with Gasteiger partial charge in [-0.15, -0.1) is 0 Å². The van der Waals surface area contributed by atoms with Crippen LogP contribution in [-0.4, -0.2) is 69.1 Å². The Hall–Kier alpha value is -2.49. The van der Waals surface area contributed by atoms with Gasteiger partial charge in [0.15, 0.2) is 5.78 Å². The summed E-state index contributed by atoms with van der Waals surface area (Å²) >= 11 is 0. The van der Waals surface area contributed by atoms with Gasteiger partial charge in [-0.3, -0.25) is 4.79 Å². The quantitative estimate of drug-likeness (QED) is 0.335. The van der Waals surface area contributed by atoms with Crippen LogP contribution >= 0.6 is 0 Å². The van der Waals surface area contributed by atoms with Crippen LogP contribution in [0.4, 0.5) is 4.79 Å². The zero-order valence-corrected chi connectivity index (χ0v) is 18.0. The number of nitrogens with one attached hydrogen (secondary N) is 1. The number of alkyl carbamates (subject to hydrolysis) is 1. The molecule has 1 amide bonds. The molecule has 1 atom stereocenters. The van der Waals surface area contributed by atoms with Crippen LogP contribution in [0.25, 0.3) is 0 Å². The van der Waals surface area contributed by atoms with Crippen molar-refractivity contribution in [2.75, 3.05) is 40.1 Å². The predicted molar refractivity (Wildman–Crippen MR) is 113 cm³/mol. The van der Waals surface area contributed by atoms with Gasteiger partial charge in [0, 0.05) is 13.5 Å². The van der Waals surface area contributed by atoms with Crippen molar-refractivity contribution in [1.82, 2.24) is 5.32 Å². The van der Waals surface area contributed by atoms with E-state index in [0.717, 1.165) is 5.56 Å². The molecule has 0 fully saturated rings. The number of ketones is 1. The summed E-state index contributed by atoms with van der Waals surface area (Å²) in [6, 6.07) is 8.10. The minimum absolute atomic E-state index is 0.00529. The van der Waals surface area contributed by atoms with Crippen LogP contribution in [0.5, 0.6) is 0 Å². The maximum absolute atomic E-state index is 11.8. The number of Topliss-reactive ketones (excluding diaryl/α,β-unsaturated/α-hetero) is 1. The average molecular weight is 440 g/mol. The Labute approximate surface area is 183 Å². The molecule has 0 heterocycles. The fraction of sp³-hybridized carbons (Fsp3) is 0.591. The monoisotopic (exact) mass is 439 g/mol. The third kappa shape index (κ3) is 14.2. The van der Waals surface area contributed by atoms with Gasteiger partial charge in [0.05, 0.1) is 26.4 Å². The first-order valence-electron chi connectivity index (χ1n) is 10.4. The molecule has 0 aliphatic rings. The Morgan fingerprint density at radius 2 is 1.68 bits per heavy atom. The summed E-state index contributed by atoms with van der Waals surface area (Å²) in [6.45, 7) is 1.88. The molecular formula is C22H33NO8. The van der Waals surface area contributed by atoms with E-state index in [1.807, 2.05) is 30.3 Å². The molecule has 0 aliphatic carbocycles. The number of carboxylic acids is 1. The van der Waals surface area contributed by atoms with Crippen molar-refractivity contribution in [3.63, 3.8) is 0 Å². The molecule has 0 bridgehead atoms. The van der Waals surface area contributed by atoms with E-state index in [-0.39, 0.29) is 25.4 Å². The maximum atomic E-state index is 11.8. The van der Waals surface area contributed by atoms with Gasteiger partial charge in [-0.25, -0.2) is 9.59 Å². The first-order valence-corrected chi connectivity index (χ1v) is 10.4. The van der Waals surface area contributed by atoms with E-state index in [2.05, 4.69) is 5.32 Å². The van der Waals surface area contributed by atoms with Gasteiger partial charge in [0.1, 0.15) is 19.3 Å². The van der Waals surface area contributed by atoms with Crippen LogP contribution in [0, 0.1) is 0 Å². The van der Waals surface area contributed by atoms with Crippen molar-refractivity contribution in [2.24, 2.45) is 0 Å². The predicted octanol–water partition coefficient (Wildman–Crippen LogP) is 2.57. The van der Waals surface area contributed by atoms with Crippen LogP contribution in [0.1, 0.15) is 37.7 Å². The number of ether oxygens (including phenoxy) is 4. The Morgan fingerprint density at radius 3 is 2.39 bits per heavy atom. The number of hydrogen-bond acceptors (Lipinski definition) is 7. The van der Waals surface area contributed by atoms with Gasteiger partial charge in [0.25, 0.3) is 0 Å². The molecule has 9 heteroatoms. The molecule has 0 unspecified atom stereocenters. The van der Waals surface area contributed by atoms with E-state index in [9.17, 15) is 19.5 Å².